The van der Waals surface area contributed by atoms with Crippen LogP contribution in [0.1, 0.15) is 66.2 Å². The highest BCUT2D eigenvalue weighted by molar-refractivity contribution is 7.85. The molecule has 4 atom stereocenters. The Labute approximate surface area is 178 Å². The molecule has 1 aliphatic carbocycles. The monoisotopic (exact) mass is 428 g/mol. The molecular formula is C21H40N4O3S. The summed E-state index contributed by atoms with van der Waals surface area (Å²) in [6.45, 7) is 9.94. The minimum Gasteiger partial charge on any atom is -0.444 e. The molecule has 1 aliphatic heterocycles. The zero-order chi connectivity index (χ0) is 21.4. The molecule has 1 saturated carbocycles. The van der Waals surface area contributed by atoms with Gasteiger partial charge in [0.2, 0.25) is 0 Å². The maximum atomic E-state index is 12.3. The van der Waals surface area contributed by atoms with Crippen LogP contribution >= 0.6 is 0 Å². The smallest absolute Gasteiger partial charge is 0.410 e. The van der Waals surface area contributed by atoms with Crippen molar-refractivity contribution in [2.75, 3.05) is 32.4 Å². The van der Waals surface area contributed by atoms with Crippen molar-refractivity contribution < 1.29 is 13.7 Å². The Bertz CT molecular complexity index is 591. The first-order valence-electron chi connectivity index (χ1n) is 11.0. The van der Waals surface area contributed by atoms with E-state index in [9.17, 15) is 9.00 Å². The Morgan fingerprint density at radius 2 is 2.00 bits per heavy atom. The number of nitrogens with one attached hydrogen (secondary N) is 2. The lowest BCUT2D eigenvalue weighted by molar-refractivity contribution is 0.0168. The predicted octanol–water partition coefficient (Wildman–Crippen LogP) is 2.88. The van der Waals surface area contributed by atoms with Gasteiger partial charge in [0.05, 0.1) is 0 Å². The number of hydrogen-bond acceptors (Lipinski definition) is 4. The quantitative estimate of drug-likeness (QED) is 0.520. The van der Waals surface area contributed by atoms with Crippen LogP contribution in [0.15, 0.2) is 4.99 Å². The van der Waals surface area contributed by atoms with Crippen molar-refractivity contribution in [3.63, 3.8) is 0 Å². The Hall–Kier alpha value is -1.31. The molecule has 0 aromatic carbocycles. The molecule has 7 nitrogen and oxygen atoms in total. The summed E-state index contributed by atoms with van der Waals surface area (Å²) >= 11 is 0. The van der Waals surface area contributed by atoms with Crippen LogP contribution in [0, 0.1) is 5.92 Å². The molecule has 1 heterocycles. The number of nitrogens with zero attached hydrogens (tertiary/aromatic N) is 2. The van der Waals surface area contributed by atoms with E-state index in [-0.39, 0.29) is 6.09 Å². The third-order valence-corrected chi connectivity index (χ3v) is 7.32. The Morgan fingerprint density at radius 1 is 1.24 bits per heavy atom. The third kappa shape index (κ3) is 8.15. The van der Waals surface area contributed by atoms with Gasteiger partial charge in [0.15, 0.2) is 5.96 Å². The van der Waals surface area contributed by atoms with Gasteiger partial charge >= 0.3 is 6.09 Å². The van der Waals surface area contributed by atoms with Gasteiger partial charge in [-0.05, 0) is 58.8 Å². The van der Waals surface area contributed by atoms with Crippen LogP contribution in [0.2, 0.25) is 0 Å². The average Bonchev–Trinajstić information content (AvgIpc) is 2.69. The molecule has 4 unspecified atom stereocenters. The second-order valence-electron chi connectivity index (χ2n) is 9.19. The average molecular weight is 429 g/mol. The number of carbonyl (C=O) groups is 1. The molecule has 0 aromatic heterocycles. The summed E-state index contributed by atoms with van der Waals surface area (Å²) < 4.78 is 17.7. The van der Waals surface area contributed by atoms with Crippen molar-refractivity contribution in [3.8, 4) is 0 Å². The molecule has 168 valence electrons. The van der Waals surface area contributed by atoms with Crippen molar-refractivity contribution in [1.82, 2.24) is 15.5 Å². The number of carbonyl (C=O) groups excluding carboxylic acids is 1. The van der Waals surface area contributed by atoms with Crippen molar-refractivity contribution >= 4 is 22.9 Å². The number of amides is 1. The summed E-state index contributed by atoms with van der Waals surface area (Å²) in [5.41, 5.74) is -0.465. The van der Waals surface area contributed by atoms with Gasteiger partial charge in [-0.15, -0.1) is 0 Å². The van der Waals surface area contributed by atoms with Gasteiger partial charge in [0.1, 0.15) is 5.60 Å². The van der Waals surface area contributed by atoms with Crippen LogP contribution in [-0.2, 0) is 15.5 Å². The van der Waals surface area contributed by atoms with E-state index in [0.717, 1.165) is 63.3 Å². The van der Waals surface area contributed by atoms with Crippen molar-refractivity contribution in [3.05, 3.63) is 0 Å². The number of piperidine rings is 1. The molecule has 2 fully saturated rings. The molecule has 1 saturated heterocycles. The standard InChI is InChI=1S/C21H40N4O3S/c1-6-29(27)18-11-7-10-17(13-18)24-19(22-5)23-14-16-9-8-12-25(15-16)20(26)28-21(2,3)4/h16-18H,6-15H2,1-5H3,(H2,22,23,24). The number of hydrogen-bond donors (Lipinski definition) is 2. The van der Waals surface area contributed by atoms with E-state index in [4.69, 9.17) is 4.74 Å². The summed E-state index contributed by atoms with van der Waals surface area (Å²) in [5.74, 6) is 1.91. The minimum atomic E-state index is -0.724. The minimum absolute atomic E-state index is 0.220. The van der Waals surface area contributed by atoms with Crippen LogP contribution < -0.4 is 10.6 Å². The van der Waals surface area contributed by atoms with E-state index < -0.39 is 16.4 Å². The fourth-order valence-corrected chi connectivity index (χ4v) is 5.45. The van der Waals surface area contributed by atoms with Crippen LogP contribution in [0.25, 0.3) is 0 Å². The van der Waals surface area contributed by atoms with E-state index in [2.05, 4.69) is 15.6 Å². The van der Waals surface area contributed by atoms with E-state index in [1.807, 2.05) is 32.6 Å². The lowest BCUT2D eigenvalue weighted by Crippen LogP contribution is -2.50. The topological polar surface area (TPSA) is 83.0 Å². The Balaban J connectivity index is 1.80. The maximum Gasteiger partial charge on any atom is 0.410 e. The fourth-order valence-electron chi connectivity index (χ4n) is 4.10. The summed E-state index contributed by atoms with van der Waals surface area (Å²) in [6, 6.07) is 0.320. The fraction of sp³-hybridized carbons (Fsp3) is 0.905. The zero-order valence-corrected chi connectivity index (χ0v) is 19.6. The SMILES string of the molecule is CCS(=O)C1CCCC(NC(=NC)NCC2CCCN(C(=O)OC(C)(C)C)C2)C1. The zero-order valence-electron chi connectivity index (χ0n) is 18.8. The molecule has 2 aliphatic rings. The number of aliphatic imine (C=N–C) groups is 1. The molecule has 0 bridgehead atoms. The molecule has 1 amide bonds. The molecule has 0 aromatic rings. The molecule has 0 radical (unpaired) electrons. The summed E-state index contributed by atoms with van der Waals surface area (Å²) in [4.78, 5) is 18.5. The molecule has 29 heavy (non-hydrogen) atoms. The lowest BCUT2D eigenvalue weighted by Gasteiger charge is -2.35. The number of likely N-dealkylation sites (tertiary alicyclic amines) is 1. The van der Waals surface area contributed by atoms with Gasteiger partial charge in [-0.3, -0.25) is 9.20 Å². The van der Waals surface area contributed by atoms with E-state index in [1.54, 1.807) is 7.05 Å². The van der Waals surface area contributed by atoms with Crippen LogP contribution in [-0.4, -0.2) is 70.5 Å². The van der Waals surface area contributed by atoms with E-state index in [1.165, 1.54) is 0 Å². The van der Waals surface area contributed by atoms with Crippen molar-refractivity contribution in [2.45, 2.75) is 83.1 Å². The molecule has 0 spiro atoms. The summed E-state index contributed by atoms with van der Waals surface area (Å²) in [6.07, 6.45) is 6.06. The van der Waals surface area contributed by atoms with E-state index >= 15 is 0 Å². The summed E-state index contributed by atoms with van der Waals surface area (Å²) in [5, 5.41) is 7.25. The van der Waals surface area contributed by atoms with E-state index in [0.29, 0.717) is 23.8 Å². The normalized spacial score (nSPS) is 27.3. The Morgan fingerprint density at radius 3 is 2.66 bits per heavy atom. The Kier molecular flexibility index (Phi) is 9.24. The van der Waals surface area contributed by atoms with Gasteiger partial charge in [-0.1, -0.05) is 13.3 Å². The van der Waals surface area contributed by atoms with Crippen LogP contribution in [0.3, 0.4) is 0 Å². The highest BCUT2D eigenvalue weighted by Crippen LogP contribution is 2.23. The van der Waals surface area contributed by atoms with Gasteiger partial charge in [0, 0.05) is 54.5 Å². The second kappa shape index (κ2) is 11.2. The highest BCUT2D eigenvalue weighted by Gasteiger charge is 2.29. The second-order valence-corrected chi connectivity index (χ2v) is 11.2. The number of ether oxygens (including phenoxy) is 1. The maximum absolute atomic E-state index is 12.3. The van der Waals surface area contributed by atoms with Crippen molar-refractivity contribution in [2.24, 2.45) is 10.9 Å². The lowest BCUT2D eigenvalue weighted by atomic mass is 9.95. The van der Waals surface area contributed by atoms with Crippen LogP contribution in [0.4, 0.5) is 4.79 Å². The first-order chi connectivity index (χ1) is 13.7. The number of guanidine groups is 1. The van der Waals surface area contributed by atoms with Crippen molar-refractivity contribution in [1.29, 1.82) is 0 Å². The molecule has 2 N–H and O–H groups in total. The van der Waals surface area contributed by atoms with Gasteiger partial charge in [0.25, 0.3) is 0 Å². The van der Waals surface area contributed by atoms with Gasteiger partial charge in [-0.25, -0.2) is 4.79 Å². The first kappa shape index (κ1) is 24.0. The van der Waals surface area contributed by atoms with Gasteiger partial charge in [-0.2, -0.15) is 0 Å². The largest absolute Gasteiger partial charge is 0.444 e. The highest BCUT2D eigenvalue weighted by atomic mass is 32.2. The third-order valence-electron chi connectivity index (χ3n) is 5.58. The van der Waals surface area contributed by atoms with Gasteiger partial charge < -0.3 is 20.3 Å². The molecular weight excluding hydrogens is 388 g/mol. The predicted molar refractivity (Wildman–Crippen MR) is 120 cm³/mol. The first-order valence-corrected chi connectivity index (χ1v) is 12.4. The molecule has 2 rings (SSSR count). The summed E-state index contributed by atoms with van der Waals surface area (Å²) in [7, 11) is 1.06. The van der Waals surface area contributed by atoms with Crippen LogP contribution in [0.5, 0.6) is 0 Å². The number of rotatable bonds is 5. The molecule has 8 heteroatoms.